The third-order valence-corrected chi connectivity index (χ3v) is 5.04. The van der Waals surface area contributed by atoms with Gasteiger partial charge in [0.05, 0.1) is 6.04 Å². The Morgan fingerprint density at radius 1 is 1.14 bits per heavy atom. The van der Waals surface area contributed by atoms with Crippen molar-refractivity contribution >= 4 is 22.1 Å². The molecule has 0 amide bonds. The van der Waals surface area contributed by atoms with Gasteiger partial charge in [-0.1, -0.05) is 43.3 Å². The molecule has 3 heteroatoms. The van der Waals surface area contributed by atoms with Gasteiger partial charge in [-0.25, -0.2) is 4.98 Å². The molecule has 0 radical (unpaired) electrons. The Morgan fingerprint density at radius 2 is 1.95 bits per heavy atom. The van der Waals surface area contributed by atoms with Crippen LogP contribution >= 0.6 is 11.3 Å². The number of thiazole rings is 1. The summed E-state index contributed by atoms with van der Waals surface area (Å²) < 4.78 is 0. The van der Waals surface area contributed by atoms with E-state index in [4.69, 9.17) is 0 Å². The van der Waals surface area contributed by atoms with Crippen LogP contribution in [0.2, 0.25) is 0 Å². The molecule has 0 fully saturated rings. The summed E-state index contributed by atoms with van der Waals surface area (Å²) in [6.45, 7) is 5.22. The molecule has 0 aliphatic heterocycles. The van der Waals surface area contributed by atoms with E-state index >= 15 is 0 Å². The summed E-state index contributed by atoms with van der Waals surface area (Å²) in [5, 5.41) is 7.33. The Morgan fingerprint density at radius 3 is 2.71 bits per heavy atom. The van der Waals surface area contributed by atoms with Gasteiger partial charge < -0.3 is 5.32 Å². The minimum absolute atomic E-state index is 0.293. The van der Waals surface area contributed by atoms with Crippen molar-refractivity contribution in [1.29, 1.82) is 0 Å². The Bertz CT molecular complexity index is 733. The molecule has 2 aromatic carbocycles. The topological polar surface area (TPSA) is 24.9 Å². The molecule has 1 unspecified atom stereocenters. The molecule has 0 aliphatic carbocycles. The summed E-state index contributed by atoms with van der Waals surface area (Å²) in [4.78, 5) is 5.86. The predicted octanol–water partition coefficient (Wildman–Crippen LogP) is 4.71. The lowest BCUT2D eigenvalue weighted by atomic mass is 10.1. The van der Waals surface area contributed by atoms with Crippen molar-refractivity contribution in [3.63, 3.8) is 0 Å². The predicted molar refractivity (Wildman–Crippen MR) is 90.7 cm³/mol. The van der Waals surface area contributed by atoms with Crippen molar-refractivity contribution in [3.05, 3.63) is 64.1 Å². The van der Waals surface area contributed by atoms with Crippen LogP contribution < -0.4 is 5.32 Å². The van der Waals surface area contributed by atoms with Gasteiger partial charge in [0.2, 0.25) is 0 Å². The van der Waals surface area contributed by atoms with Gasteiger partial charge in [-0.15, -0.1) is 11.3 Å². The summed E-state index contributed by atoms with van der Waals surface area (Å²) in [5.74, 6) is 0. The molecule has 1 N–H and O–H groups in total. The molecular formula is C18H20N2S. The molecule has 0 saturated carbocycles. The average Bonchev–Trinajstić information content (AvgIpc) is 3.01. The van der Waals surface area contributed by atoms with Gasteiger partial charge in [-0.2, -0.15) is 0 Å². The molecule has 0 saturated heterocycles. The van der Waals surface area contributed by atoms with E-state index < -0.39 is 0 Å². The van der Waals surface area contributed by atoms with E-state index in [0.29, 0.717) is 6.04 Å². The van der Waals surface area contributed by atoms with E-state index in [1.165, 1.54) is 26.2 Å². The highest BCUT2D eigenvalue weighted by Gasteiger charge is 2.09. The minimum atomic E-state index is 0.293. The van der Waals surface area contributed by atoms with Crippen LogP contribution in [-0.2, 0) is 13.0 Å². The van der Waals surface area contributed by atoms with Gasteiger partial charge in [0, 0.05) is 17.6 Å². The highest BCUT2D eigenvalue weighted by atomic mass is 32.1. The number of benzene rings is 2. The van der Waals surface area contributed by atoms with Crippen LogP contribution in [0.5, 0.6) is 0 Å². The summed E-state index contributed by atoms with van der Waals surface area (Å²) in [6, 6.07) is 15.4. The first kappa shape index (κ1) is 14.2. The SMILES string of the molecule is CCc1cnc(C(C)NCc2ccc3ccccc3c2)s1. The maximum absolute atomic E-state index is 4.51. The smallest absolute Gasteiger partial charge is 0.109 e. The monoisotopic (exact) mass is 296 g/mol. The van der Waals surface area contributed by atoms with Crippen LogP contribution in [0.25, 0.3) is 10.8 Å². The Labute approximate surface area is 129 Å². The van der Waals surface area contributed by atoms with E-state index in [-0.39, 0.29) is 0 Å². The van der Waals surface area contributed by atoms with Crippen molar-refractivity contribution in [2.75, 3.05) is 0 Å². The summed E-state index contributed by atoms with van der Waals surface area (Å²) in [5.41, 5.74) is 1.31. The quantitative estimate of drug-likeness (QED) is 0.737. The molecule has 3 rings (SSSR count). The molecule has 2 nitrogen and oxygen atoms in total. The first-order valence-electron chi connectivity index (χ1n) is 7.42. The minimum Gasteiger partial charge on any atom is -0.304 e. The first-order valence-corrected chi connectivity index (χ1v) is 8.23. The highest BCUT2D eigenvalue weighted by Crippen LogP contribution is 2.21. The van der Waals surface area contributed by atoms with E-state index in [2.05, 4.69) is 66.6 Å². The lowest BCUT2D eigenvalue weighted by Crippen LogP contribution is -2.17. The van der Waals surface area contributed by atoms with Gasteiger partial charge >= 0.3 is 0 Å². The number of fused-ring (bicyclic) bond motifs is 1. The van der Waals surface area contributed by atoms with E-state index in [9.17, 15) is 0 Å². The van der Waals surface area contributed by atoms with Crippen LogP contribution in [0.4, 0.5) is 0 Å². The maximum atomic E-state index is 4.51. The van der Waals surface area contributed by atoms with Crippen molar-refractivity contribution in [1.82, 2.24) is 10.3 Å². The van der Waals surface area contributed by atoms with Gasteiger partial charge in [0.25, 0.3) is 0 Å². The molecule has 108 valence electrons. The fourth-order valence-electron chi connectivity index (χ4n) is 2.39. The second-order valence-electron chi connectivity index (χ2n) is 5.30. The largest absolute Gasteiger partial charge is 0.304 e. The van der Waals surface area contributed by atoms with Crippen LogP contribution in [0.15, 0.2) is 48.7 Å². The highest BCUT2D eigenvalue weighted by molar-refractivity contribution is 7.11. The van der Waals surface area contributed by atoms with Crippen molar-refractivity contribution in [2.24, 2.45) is 0 Å². The third-order valence-electron chi connectivity index (χ3n) is 3.72. The number of nitrogens with zero attached hydrogens (tertiary/aromatic N) is 1. The lowest BCUT2D eigenvalue weighted by Gasteiger charge is -2.11. The number of hydrogen-bond acceptors (Lipinski definition) is 3. The van der Waals surface area contributed by atoms with Gasteiger partial charge in [-0.05, 0) is 35.7 Å². The van der Waals surface area contributed by atoms with E-state index in [1.807, 2.05) is 6.20 Å². The fraction of sp³-hybridized carbons (Fsp3) is 0.278. The van der Waals surface area contributed by atoms with Crippen LogP contribution in [0.3, 0.4) is 0 Å². The average molecular weight is 296 g/mol. The Kier molecular flexibility index (Phi) is 4.32. The molecule has 3 aromatic rings. The molecule has 0 bridgehead atoms. The van der Waals surface area contributed by atoms with Gasteiger partial charge in [-0.3, -0.25) is 0 Å². The number of hydrogen-bond donors (Lipinski definition) is 1. The molecule has 1 heterocycles. The summed E-state index contributed by atoms with van der Waals surface area (Å²) in [7, 11) is 0. The molecular weight excluding hydrogens is 276 g/mol. The van der Waals surface area contributed by atoms with Crippen molar-refractivity contribution in [3.8, 4) is 0 Å². The van der Waals surface area contributed by atoms with Crippen molar-refractivity contribution in [2.45, 2.75) is 32.9 Å². The van der Waals surface area contributed by atoms with Gasteiger partial charge in [0.15, 0.2) is 0 Å². The Hall–Kier alpha value is -1.71. The van der Waals surface area contributed by atoms with Crippen LogP contribution in [0.1, 0.15) is 35.3 Å². The number of aryl methyl sites for hydroxylation is 1. The normalized spacial score (nSPS) is 12.7. The second kappa shape index (κ2) is 6.37. The van der Waals surface area contributed by atoms with Crippen molar-refractivity contribution < 1.29 is 0 Å². The Balaban J connectivity index is 1.68. The zero-order chi connectivity index (χ0) is 14.7. The summed E-state index contributed by atoms with van der Waals surface area (Å²) >= 11 is 1.81. The van der Waals surface area contributed by atoms with Crippen LogP contribution in [-0.4, -0.2) is 4.98 Å². The molecule has 21 heavy (non-hydrogen) atoms. The first-order chi connectivity index (χ1) is 10.3. The second-order valence-corrected chi connectivity index (χ2v) is 6.45. The number of nitrogens with one attached hydrogen (secondary N) is 1. The molecule has 1 atom stereocenters. The maximum Gasteiger partial charge on any atom is 0.109 e. The standard InChI is InChI=1S/C18H20N2S/c1-3-17-12-20-18(21-17)13(2)19-11-14-8-9-15-6-4-5-7-16(15)10-14/h4-10,12-13,19H,3,11H2,1-2H3. The fourth-order valence-corrected chi connectivity index (χ4v) is 3.28. The molecule has 1 aromatic heterocycles. The van der Waals surface area contributed by atoms with Gasteiger partial charge in [0.1, 0.15) is 5.01 Å². The summed E-state index contributed by atoms with van der Waals surface area (Å²) in [6.07, 6.45) is 3.06. The molecule has 0 aliphatic rings. The van der Waals surface area contributed by atoms with Crippen LogP contribution in [0, 0.1) is 0 Å². The molecule has 0 spiro atoms. The van der Waals surface area contributed by atoms with E-state index in [1.54, 1.807) is 11.3 Å². The zero-order valence-corrected chi connectivity index (χ0v) is 13.3. The number of aromatic nitrogens is 1. The third kappa shape index (κ3) is 3.31. The zero-order valence-electron chi connectivity index (χ0n) is 12.5. The number of rotatable bonds is 5. The lowest BCUT2D eigenvalue weighted by molar-refractivity contribution is 0.572. The van der Waals surface area contributed by atoms with E-state index in [0.717, 1.165) is 13.0 Å².